The number of nitrogens with two attached hydrogens (primary N) is 1. The van der Waals surface area contributed by atoms with E-state index in [4.69, 9.17) is 10.7 Å². The molecule has 152 valence electrons. The first kappa shape index (κ1) is 19.6. The smallest absolute Gasteiger partial charge is 0.223 e. The van der Waals surface area contributed by atoms with Crippen molar-refractivity contribution in [2.75, 3.05) is 17.7 Å². The van der Waals surface area contributed by atoms with Crippen molar-refractivity contribution in [3.05, 3.63) is 41.7 Å². The lowest BCUT2D eigenvalue weighted by atomic mass is 9.92. The molecule has 1 aliphatic rings. The van der Waals surface area contributed by atoms with Crippen molar-refractivity contribution in [3.8, 4) is 11.1 Å². The number of hydrogen-bond donors (Lipinski definition) is 3. The second-order valence-corrected chi connectivity index (χ2v) is 7.96. The Morgan fingerprint density at radius 2 is 1.90 bits per heavy atom. The second kappa shape index (κ2) is 8.33. The van der Waals surface area contributed by atoms with E-state index in [1.165, 1.54) is 5.56 Å². The average Bonchev–Trinajstić information content (AvgIpc) is 2.74. The van der Waals surface area contributed by atoms with Gasteiger partial charge in [0.25, 0.3) is 0 Å². The van der Waals surface area contributed by atoms with Gasteiger partial charge < -0.3 is 16.4 Å². The number of nitrogens with zero attached hydrogens (tertiary/aromatic N) is 3. The van der Waals surface area contributed by atoms with E-state index in [-0.39, 0.29) is 0 Å². The highest BCUT2D eigenvalue weighted by Gasteiger charge is 2.19. The number of hydrogen-bond acceptors (Lipinski definition) is 6. The lowest BCUT2D eigenvalue weighted by molar-refractivity contribution is 0.410. The molecule has 0 radical (unpaired) electrons. The van der Waals surface area contributed by atoms with Crippen molar-refractivity contribution in [1.29, 1.82) is 0 Å². The molecular formula is C23H30N6. The molecule has 6 heteroatoms. The predicted octanol–water partition coefficient (Wildman–Crippen LogP) is 4.29. The molecule has 4 N–H and O–H groups in total. The summed E-state index contributed by atoms with van der Waals surface area (Å²) in [5.74, 6) is 1.60. The van der Waals surface area contributed by atoms with Gasteiger partial charge in [-0.25, -0.2) is 15.0 Å². The third-order valence-electron chi connectivity index (χ3n) is 5.90. The number of fused-ring (bicyclic) bond motifs is 1. The predicted molar refractivity (Wildman–Crippen MR) is 120 cm³/mol. The van der Waals surface area contributed by atoms with E-state index in [0.717, 1.165) is 71.6 Å². The van der Waals surface area contributed by atoms with Crippen LogP contribution >= 0.6 is 0 Å². The Kier molecular flexibility index (Phi) is 5.62. The summed E-state index contributed by atoms with van der Waals surface area (Å²) in [5.41, 5.74) is 11.6. The van der Waals surface area contributed by atoms with Crippen LogP contribution in [-0.4, -0.2) is 34.1 Å². The SMILES string of the molecule is CCc1cc(-c2ccc(NC)nc2C)cc2cnc(N[C@H]3CC[C@H](N)CC3)nc12. The third-order valence-corrected chi connectivity index (χ3v) is 5.90. The highest BCUT2D eigenvalue weighted by molar-refractivity contribution is 5.88. The zero-order valence-electron chi connectivity index (χ0n) is 17.5. The van der Waals surface area contributed by atoms with Crippen LogP contribution in [-0.2, 0) is 6.42 Å². The van der Waals surface area contributed by atoms with E-state index < -0.39 is 0 Å². The van der Waals surface area contributed by atoms with Gasteiger partial charge in [0.1, 0.15) is 5.82 Å². The molecule has 0 saturated heterocycles. The van der Waals surface area contributed by atoms with Crippen molar-refractivity contribution in [2.45, 2.75) is 58.0 Å². The first-order valence-corrected chi connectivity index (χ1v) is 10.5. The van der Waals surface area contributed by atoms with E-state index in [9.17, 15) is 0 Å². The minimum Gasteiger partial charge on any atom is -0.373 e. The number of rotatable bonds is 5. The Hall–Kier alpha value is -2.73. The first-order valence-electron chi connectivity index (χ1n) is 10.5. The van der Waals surface area contributed by atoms with Crippen LogP contribution in [0.4, 0.5) is 11.8 Å². The van der Waals surface area contributed by atoms with Crippen LogP contribution in [0.2, 0.25) is 0 Å². The zero-order valence-corrected chi connectivity index (χ0v) is 17.5. The van der Waals surface area contributed by atoms with Crippen LogP contribution in [0, 0.1) is 6.92 Å². The third kappa shape index (κ3) is 4.17. The van der Waals surface area contributed by atoms with Gasteiger partial charge in [-0.2, -0.15) is 0 Å². The number of anilines is 2. The summed E-state index contributed by atoms with van der Waals surface area (Å²) < 4.78 is 0. The molecule has 0 aliphatic heterocycles. The van der Waals surface area contributed by atoms with Gasteiger partial charge in [-0.05, 0) is 74.4 Å². The van der Waals surface area contributed by atoms with Crippen LogP contribution < -0.4 is 16.4 Å². The summed E-state index contributed by atoms with van der Waals surface area (Å²) in [4.78, 5) is 14.1. The Morgan fingerprint density at radius 1 is 1.10 bits per heavy atom. The van der Waals surface area contributed by atoms with Gasteiger partial charge in [0.2, 0.25) is 5.95 Å². The van der Waals surface area contributed by atoms with Crippen LogP contribution in [0.25, 0.3) is 22.0 Å². The maximum Gasteiger partial charge on any atom is 0.223 e. The molecule has 6 nitrogen and oxygen atoms in total. The number of nitrogens with one attached hydrogen (secondary N) is 2. The monoisotopic (exact) mass is 390 g/mol. The highest BCUT2D eigenvalue weighted by Crippen LogP contribution is 2.30. The van der Waals surface area contributed by atoms with Crippen molar-refractivity contribution in [3.63, 3.8) is 0 Å². The standard InChI is InChI=1S/C23H30N6/c1-4-15-11-16(20-9-10-21(25-3)27-14(20)2)12-17-13-26-23(29-22(15)17)28-19-7-5-18(24)6-8-19/h9-13,18-19H,4-8,24H2,1-3H3,(H,25,27)(H,26,28,29)/t18-,19-. The topological polar surface area (TPSA) is 88.8 Å². The van der Waals surface area contributed by atoms with Crippen molar-refractivity contribution < 1.29 is 0 Å². The Bertz CT molecular complexity index is 1010. The molecule has 1 aromatic carbocycles. The Morgan fingerprint density at radius 3 is 2.59 bits per heavy atom. The Labute approximate surface area is 172 Å². The number of aryl methyl sites for hydroxylation is 2. The summed E-state index contributed by atoms with van der Waals surface area (Å²) in [7, 11) is 1.89. The largest absolute Gasteiger partial charge is 0.373 e. The molecule has 1 aliphatic carbocycles. The van der Waals surface area contributed by atoms with Gasteiger partial charge in [0.05, 0.1) is 5.52 Å². The highest BCUT2D eigenvalue weighted by atomic mass is 15.1. The molecule has 1 saturated carbocycles. The summed E-state index contributed by atoms with van der Waals surface area (Å²) in [6.45, 7) is 4.22. The summed E-state index contributed by atoms with van der Waals surface area (Å²) in [6, 6.07) is 9.30. The molecule has 29 heavy (non-hydrogen) atoms. The first-order chi connectivity index (χ1) is 14.1. The molecule has 0 unspecified atom stereocenters. The van der Waals surface area contributed by atoms with E-state index in [2.05, 4.69) is 45.7 Å². The molecule has 3 aromatic rings. The van der Waals surface area contributed by atoms with Crippen LogP contribution in [0.3, 0.4) is 0 Å². The quantitative estimate of drug-likeness (QED) is 0.602. The normalized spacial score (nSPS) is 19.3. The molecule has 0 atom stereocenters. The van der Waals surface area contributed by atoms with Gasteiger partial charge in [-0.1, -0.05) is 6.92 Å². The second-order valence-electron chi connectivity index (χ2n) is 7.96. The van der Waals surface area contributed by atoms with Crippen molar-refractivity contribution >= 4 is 22.7 Å². The molecule has 0 amide bonds. The zero-order chi connectivity index (χ0) is 20.4. The minimum atomic E-state index is 0.343. The molecule has 1 fully saturated rings. The van der Waals surface area contributed by atoms with Crippen LogP contribution in [0.15, 0.2) is 30.5 Å². The van der Waals surface area contributed by atoms with E-state index >= 15 is 0 Å². The van der Waals surface area contributed by atoms with E-state index in [1.54, 1.807) is 0 Å². The lowest BCUT2D eigenvalue weighted by Crippen LogP contribution is -2.33. The van der Waals surface area contributed by atoms with E-state index in [1.807, 2.05) is 26.2 Å². The molecule has 2 aromatic heterocycles. The molecule has 4 rings (SSSR count). The fourth-order valence-electron chi connectivity index (χ4n) is 4.17. The number of benzene rings is 1. The Balaban J connectivity index is 1.67. The fourth-order valence-corrected chi connectivity index (χ4v) is 4.17. The summed E-state index contributed by atoms with van der Waals surface area (Å²) in [5, 5.41) is 7.68. The van der Waals surface area contributed by atoms with Crippen molar-refractivity contribution in [2.24, 2.45) is 5.73 Å². The minimum absolute atomic E-state index is 0.343. The number of pyridine rings is 1. The van der Waals surface area contributed by atoms with Gasteiger partial charge in [0.15, 0.2) is 0 Å². The fraction of sp³-hybridized carbons (Fsp3) is 0.435. The summed E-state index contributed by atoms with van der Waals surface area (Å²) >= 11 is 0. The molecule has 2 heterocycles. The number of aromatic nitrogens is 3. The van der Waals surface area contributed by atoms with Gasteiger partial charge >= 0.3 is 0 Å². The van der Waals surface area contributed by atoms with Gasteiger partial charge in [-0.3, -0.25) is 0 Å². The van der Waals surface area contributed by atoms with Crippen LogP contribution in [0.5, 0.6) is 0 Å². The van der Waals surface area contributed by atoms with E-state index in [0.29, 0.717) is 12.1 Å². The summed E-state index contributed by atoms with van der Waals surface area (Å²) in [6.07, 6.45) is 7.14. The van der Waals surface area contributed by atoms with Crippen molar-refractivity contribution in [1.82, 2.24) is 15.0 Å². The van der Waals surface area contributed by atoms with Gasteiger partial charge in [-0.15, -0.1) is 0 Å². The lowest BCUT2D eigenvalue weighted by Gasteiger charge is -2.26. The maximum atomic E-state index is 6.02. The molecule has 0 bridgehead atoms. The average molecular weight is 391 g/mol. The molecule has 0 spiro atoms. The van der Waals surface area contributed by atoms with Crippen LogP contribution in [0.1, 0.15) is 43.9 Å². The maximum absolute atomic E-state index is 6.02. The van der Waals surface area contributed by atoms with Gasteiger partial charge in [0, 0.05) is 42.0 Å². The molecular weight excluding hydrogens is 360 g/mol.